The lowest BCUT2D eigenvalue weighted by Gasteiger charge is -2.25. The van der Waals surface area contributed by atoms with Gasteiger partial charge in [0.05, 0.1) is 33.3 Å². The number of carbonyl (C=O) groups is 3. The third kappa shape index (κ3) is 3.65. The van der Waals surface area contributed by atoms with E-state index >= 15 is 0 Å². The smallest absolute Gasteiger partial charge is 0.255 e. The first kappa shape index (κ1) is 19.9. The number of carbonyl (C=O) groups excluding carboxylic acids is 3. The second-order valence-electron chi connectivity index (χ2n) is 7.75. The molecule has 7 heteroatoms. The predicted molar refractivity (Wildman–Crippen MR) is 113 cm³/mol. The average molecular weight is 431 g/mol. The summed E-state index contributed by atoms with van der Waals surface area (Å²) in [5, 5.41) is 3.33. The number of hydrogen-bond acceptors (Lipinski definition) is 3. The number of halogens is 2. The van der Waals surface area contributed by atoms with Crippen LogP contribution in [0, 0.1) is 17.8 Å². The quantitative estimate of drug-likeness (QED) is 0.682. The minimum Gasteiger partial charge on any atom is -0.321 e. The molecule has 0 bridgehead atoms. The summed E-state index contributed by atoms with van der Waals surface area (Å²) in [4.78, 5) is 39.4. The van der Waals surface area contributed by atoms with Crippen molar-refractivity contribution >= 4 is 52.3 Å². The lowest BCUT2D eigenvalue weighted by Crippen LogP contribution is -2.30. The Kier molecular flexibility index (Phi) is 5.36. The first-order valence-electron chi connectivity index (χ1n) is 9.60. The summed E-state index contributed by atoms with van der Waals surface area (Å²) in [6.07, 6.45) is 2.49. The number of fused-ring (bicyclic) bond motifs is 1. The van der Waals surface area contributed by atoms with Crippen molar-refractivity contribution in [1.29, 1.82) is 0 Å². The van der Waals surface area contributed by atoms with E-state index in [0.717, 1.165) is 19.3 Å². The van der Waals surface area contributed by atoms with Crippen LogP contribution in [0.5, 0.6) is 0 Å². The molecule has 1 heterocycles. The summed E-state index contributed by atoms with van der Waals surface area (Å²) in [5.41, 5.74) is 1.30. The number of rotatable bonds is 3. The highest BCUT2D eigenvalue weighted by Gasteiger charge is 2.49. The first-order valence-corrected chi connectivity index (χ1v) is 10.4. The number of imide groups is 1. The fourth-order valence-corrected chi connectivity index (χ4v) is 4.55. The van der Waals surface area contributed by atoms with E-state index < -0.39 is 0 Å². The Labute approximate surface area is 179 Å². The number of hydrogen-bond donors (Lipinski definition) is 1. The molecule has 1 aliphatic carbocycles. The zero-order chi connectivity index (χ0) is 20.7. The van der Waals surface area contributed by atoms with Gasteiger partial charge in [-0.25, -0.2) is 0 Å². The molecule has 0 unspecified atom stereocenters. The van der Waals surface area contributed by atoms with Gasteiger partial charge < -0.3 is 5.32 Å². The Morgan fingerprint density at radius 3 is 2.41 bits per heavy atom. The Hall–Kier alpha value is -2.37. The molecule has 2 aromatic carbocycles. The molecule has 1 saturated carbocycles. The molecule has 2 aliphatic rings. The molecular formula is C22H20Cl2N2O3. The molecule has 5 nitrogen and oxygen atoms in total. The highest BCUT2D eigenvalue weighted by molar-refractivity contribution is 6.44. The van der Waals surface area contributed by atoms with Gasteiger partial charge in [-0.1, -0.05) is 36.2 Å². The first-order chi connectivity index (χ1) is 13.9. The van der Waals surface area contributed by atoms with E-state index in [1.165, 1.54) is 4.90 Å². The van der Waals surface area contributed by atoms with Crippen molar-refractivity contribution in [3.05, 3.63) is 58.1 Å². The molecule has 2 aromatic rings. The Morgan fingerprint density at radius 2 is 1.69 bits per heavy atom. The van der Waals surface area contributed by atoms with E-state index in [-0.39, 0.29) is 34.6 Å². The molecule has 0 aromatic heterocycles. The molecule has 1 saturated heterocycles. The summed E-state index contributed by atoms with van der Waals surface area (Å²) in [5.74, 6) is -0.602. The van der Waals surface area contributed by atoms with Crippen molar-refractivity contribution in [2.75, 3.05) is 10.2 Å². The molecule has 3 amide bonds. The van der Waals surface area contributed by atoms with Crippen molar-refractivity contribution in [1.82, 2.24) is 0 Å². The maximum atomic E-state index is 12.8. The van der Waals surface area contributed by atoms with Gasteiger partial charge in [0.1, 0.15) is 0 Å². The van der Waals surface area contributed by atoms with Crippen LogP contribution >= 0.6 is 23.2 Å². The number of nitrogens with zero attached hydrogens (tertiary/aromatic N) is 1. The Balaban J connectivity index is 1.52. The van der Waals surface area contributed by atoms with E-state index in [2.05, 4.69) is 12.2 Å². The number of nitrogens with one attached hydrogen (secondary N) is 1. The zero-order valence-electron chi connectivity index (χ0n) is 15.8. The summed E-state index contributed by atoms with van der Waals surface area (Å²) < 4.78 is 0. The van der Waals surface area contributed by atoms with E-state index in [0.29, 0.717) is 27.9 Å². The normalized spacial score (nSPS) is 23.8. The molecule has 0 radical (unpaired) electrons. The van der Waals surface area contributed by atoms with Crippen molar-refractivity contribution in [2.24, 2.45) is 17.8 Å². The summed E-state index contributed by atoms with van der Waals surface area (Å²) >= 11 is 12.1. The van der Waals surface area contributed by atoms with Gasteiger partial charge in [0.15, 0.2) is 0 Å². The molecular weight excluding hydrogens is 411 g/mol. The largest absolute Gasteiger partial charge is 0.321 e. The third-order valence-corrected chi connectivity index (χ3v) is 6.59. The van der Waals surface area contributed by atoms with Crippen LogP contribution < -0.4 is 10.2 Å². The lowest BCUT2D eigenvalue weighted by molar-refractivity contribution is -0.122. The monoisotopic (exact) mass is 430 g/mol. The van der Waals surface area contributed by atoms with Crippen LogP contribution in [-0.4, -0.2) is 17.7 Å². The Bertz CT molecular complexity index is 990. The van der Waals surface area contributed by atoms with Crippen molar-refractivity contribution < 1.29 is 14.4 Å². The highest BCUT2D eigenvalue weighted by Crippen LogP contribution is 2.42. The predicted octanol–water partition coefficient (Wildman–Crippen LogP) is 5.17. The Morgan fingerprint density at radius 1 is 1.00 bits per heavy atom. The second-order valence-corrected chi connectivity index (χ2v) is 8.53. The van der Waals surface area contributed by atoms with Crippen LogP contribution in [0.3, 0.4) is 0 Å². The molecule has 29 heavy (non-hydrogen) atoms. The minimum atomic E-state index is -0.359. The van der Waals surface area contributed by atoms with Crippen LogP contribution in [0.15, 0.2) is 42.5 Å². The molecule has 1 N–H and O–H groups in total. The SMILES string of the molecule is C[C@@H]1CC[C@@H]2C(=O)N(c3ccc(C(=O)Nc4cccc(Cl)c4Cl)cc3)C(=O)[C@@H]2C1. The fourth-order valence-electron chi connectivity index (χ4n) is 4.20. The van der Waals surface area contributed by atoms with Gasteiger partial charge in [-0.15, -0.1) is 0 Å². The van der Waals surface area contributed by atoms with Crippen LogP contribution in [0.2, 0.25) is 10.0 Å². The van der Waals surface area contributed by atoms with E-state index in [4.69, 9.17) is 23.2 Å². The fraction of sp³-hybridized carbons (Fsp3) is 0.318. The lowest BCUT2D eigenvalue weighted by atomic mass is 9.76. The van der Waals surface area contributed by atoms with Gasteiger partial charge in [0.2, 0.25) is 11.8 Å². The summed E-state index contributed by atoms with van der Waals surface area (Å²) in [6.45, 7) is 2.12. The number of benzene rings is 2. The molecule has 0 spiro atoms. The average Bonchev–Trinajstić information content (AvgIpc) is 2.95. The topological polar surface area (TPSA) is 66.5 Å². The molecule has 4 rings (SSSR count). The highest BCUT2D eigenvalue weighted by atomic mass is 35.5. The van der Waals surface area contributed by atoms with E-state index in [1.54, 1.807) is 42.5 Å². The van der Waals surface area contributed by atoms with Gasteiger partial charge in [-0.3, -0.25) is 19.3 Å². The van der Waals surface area contributed by atoms with Crippen molar-refractivity contribution in [3.63, 3.8) is 0 Å². The van der Waals surface area contributed by atoms with Crippen LogP contribution in [0.4, 0.5) is 11.4 Å². The third-order valence-electron chi connectivity index (χ3n) is 5.78. The van der Waals surface area contributed by atoms with Gasteiger partial charge in [-0.05, 0) is 61.6 Å². The zero-order valence-corrected chi connectivity index (χ0v) is 17.3. The molecule has 3 atom stereocenters. The number of amides is 3. The van der Waals surface area contributed by atoms with Gasteiger partial charge >= 0.3 is 0 Å². The van der Waals surface area contributed by atoms with Crippen LogP contribution in [-0.2, 0) is 9.59 Å². The maximum absolute atomic E-state index is 12.8. The van der Waals surface area contributed by atoms with E-state index in [1.807, 2.05) is 0 Å². The van der Waals surface area contributed by atoms with E-state index in [9.17, 15) is 14.4 Å². The van der Waals surface area contributed by atoms with Crippen LogP contribution in [0.25, 0.3) is 0 Å². The van der Waals surface area contributed by atoms with Crippen molar-refractivity contribution in [3.8, 4) is 0 Å². The summed E-state index contributed by atoms with van der Waals surface area (Å²) in [7, 11) is 0. The minimum absolute atomic E-state index is 0.130. The standard InChI is InChI=1S/C22H20Cl2N2O3/c1-12-5-10-15-16(11-12)22(29)26(21(15)28)14-8-6-13(7-9-14)20(27)25-18-4-2-3-17(23)19(18)24/h2-4,6-9,12,15-16H,5,10-11H2,1H3,(H,25,27)/t12-,15+,16-/m1/s1. The molecule has 1 aliphatic heterocycles. The number of anilines is 2. The maximum Gasteiger partial charge on any atom is 0.255 e. The van der Waals surface area contributed by atoms with Crippen molar-refractivity contribution in [2.45, 2.75) is 26.2 Å². The van der Waals surface area contributed by atoms with Gasteiger partial charge in [0, 0.05) is 5.56 Å². The second kappa shape index (κ2) is 7.81. The van der Waals surface area contributed by atoms with Gasteiger partial charge in [0.25, 0.3) is 5.91 Å². The molecule has 2 fully saturated rings. The summed E-state index contributed by atoms with van der Waals surface area (Å²) in [6, 6.07) is 11.4. The molecule has 150 valence electrons. The van der Waals surface area contributed by atoms with Crippen LogP contribution in [0.1, 0.15) is 36.5 Å². The van der Waals surface area contributed by atoms with Gasteiger partial charge in [-0.2, -0.15) is 0 Å².